The second-order valence-electron chi connectivity index (χ2n) is 4.21. The van der Waals surface area contributed by atoms with Crippen LogP contribution in [0.1, 0.15) is 25.3 Å². The van der Waals surface area contributed by atoms with Gasteiger partial charge in [0.2, 0.25) is 0 Å². The van der Waals surface area contributed by atoms with Crippen molar-refractivity contribution in [3.63, 3.8) is 0 Å². The zero-order valence-corrected chi connectivity index (χ0v) is 12.3. The van der Waals surface area contributed by atoms with Gasteiger partial charge in [0, 0.05) is 0 Å². The molecule has 0 unspecified atom stereocenters. The number of halogens is 2. The van der Waals surface area contributed by atoms with E-state index in [1.54, 1.807) is 6.08 Å². The van der Waals surface area contributed by atoms with Crippen LogP contribution in [0.15, 0.2) is 46.5 Å². The van der Waals surface area contributed by atoms with Gasteiger partial charge < -0.3 is 4.74 Å². The first-order chi connectivity index (χ1) is 8.58. The fourth-order valence-electron chi connectivity index (χ4n) is 1.43. The van der Waals surface area contributed by atoms with Crippen LogP contribution in [0.3, 0.4) is 0 Å². The highest BCUT2D eigenvalue weighted by Crippen LogP contribution is 2.13. The van der Waals surface area contributed by atoms with E-state index in [2.05, 4.69) is 19.9 Å². The third-order valence-electron chi connectivity index (χ3n) is 2.54. The molecule has 0 atom stereocenters. The lowest BCUT2D eigenvalue weighted by Crippen LogP contribution is -1.94. The standard InChI is InChI=1S/C15H18Cl2O/c1-12(4-3-5-15(16)17)10-11-18-14-8-6-13(2)7-9-14/h5-10H,3-4,11H2,1-2H3. The topological polar surface area (TPSA) is 9.23 Å². The molecular formula is C15H18Cl2O. The van der Waals surface area contributed by atoms with E-state index in [0.717, 1.165) is 18.6 Å². The van der Waals surface area contributed by atoms with E-state index >= 15 is 0 Å². The average Bonchev–Trinajstić information content (AvgIpc) is 2.31. The summed E-state index contributed by atoms with van der Waals surface area (Å²) in [5.74, 6) is 0.897. The highest BCUT2D eigenvalue weighted by Gasteiger charge is 1.93. The Morgan fingerprint density at radius 1 is 1.17 bits per heavy atom. The molecule has 0 heterocycles. The van der Waals surface area contributed by atoms with Gasteiger partial charge in [0.1, 0.15) is 16.8 Å². The maximum absolute atomic E-state index is 5.62. The summed E-state index contributed by atoms with van der Waals surface area (Å²) >= 11 is 11.1. The van der Waals surface area contributed by atoms with E-state index in [1.807, 2.05) is 24.3 Å². The minimum Gasteiger partial charge on any atom is -0.490 e. The molecule has 18 heavy (non-hydrogen) atoms. The number of benzene rings is 1. The van der Waals surface area contributed by atoms with Crippen molar-refractivity contribution in [2.75, 3.05) is 6.61 Å². The average molecular weight is 285 g/mol. The van der Waals surface area contributed by atoms with Crippen molar-refractivity contribution in [3.8, 4) is 5.75 Å². The largest absolute Gasteiger partial charge is 0.490 e. The Morgan fingerprint density at radius 2 is 1.83 bits per heavy atom. The second kappa shape index (κ2) is 8.23. The Morgan fingerprint density at radius 3 is 2.44 bits per heavy atom. The Hall–Kier alpha value is -0.920. The predicted octanol–water partition coefficient (Wildman–Crippen LogP) is 5.42. The van der Waals surface area contributed by atoms with Gasteiger partial charge in [-0.2, -0.15) is 0 Å². The summed E-state index contributed by atoms with van der Waals surface area (Å²) in [6.45, 7) is 4.73. The summed E-state index contributed by atoms with van der Waals surface area (Å²) in [5, 5.41) is 0. The summed E-state index contributed by atoms with van der Waals surface area (Å²) in [7, 11) is 0. The lowest BCUT2D eigenvalue weighted by atomic mass is 10.1. The minimum atomic E-state index is 0.332. The Kier molecular flexibility index (Phi) is 6.92. The summed E-state index contributed by atoms with van der Waals surface area (Å²) in [6, 6.07) is 8.04. The lowest BCUT2D eigenvalue weighted by Gasteiger charge is -2.04. The van der Waals surface area contributed by atoms with Crippen molar-refractivity contribution in [2.45, 2.75) is 26.7 Å². The van der Waals surface area contributed by atoms with E-state index in [1.165, 1.54) is 11.1 Å². The molecule has 1 aromatic carbocycles. The number of aryl methyl sites for hydroxylation is 1. The Bertz CT molecular complexity index is 415. The molecule has 0 aliphatic heterocycles. The summed E-state index contributed by atoms with van der Waals surface area (Å²) < 4.78 is 5.95. The molecule has 0 aliphatic rings. The van der Waals surface area contributed by atoms with Crippen molar-refractivity contribution < 1.29 is 4.74 Å². The molecule has 0 saturated carbocycles. The van der Waals surface area contributed by atoms with E-state index in [-0.39, 0.29) is 0 Å². The molecule has 1 nitrogen and oxygen atoms in total. The maximum Gasteiger partial charge on any atom is 0.119 e. The molecule has 3 heteroatoms. The van der Waals surface area contributed by atoms with Crippen LogP contribution in [-0.2, 0) is 0 Å². The molecule has 0 bridgehead atoms. The van der Waals surface area contributed by atoms with Gasteiger partial charge in [-0.05, 0) is 44.9 Å². The first kappa shape index (κ1) is 15.1. The van der Waals surface area contributed by atoms with Crippen LogP contribution in [-0.4, -0.2) is 6.61 Å². The summed E-state index contributed by atoms with van der Waals surface area (Å²) in [5.41, 5.74) is 2.51. The van der Waals surface area contributed by atoms with Crippen molar-refractivity contribution in [2.24, 2.45) is 0 Å². The SMILES string of the molecule is CC(=CCOc1ccc(C)cc1)CCC=C(Cl)Cl. The van der Waals surface area contributed by atoms with Gasteiger partial charge in [0.15, 0.2) is 0 Å². The van der Waals surface area contributed by atoms with Crippen LogP contribution in [0.5, 0.6) is 5.75 Å². The molecule has 1 rings (SSSR count). The number of hydrogen-bond acceptors (Lipinski definition) is 1. The van der Waals surface area contributed by atoms with E-state index < -0.39 is 0 Å². The lowest BCUT2D eigenvalue weighted by molar-refractivity contribution is 0.361. The second-order valence-corrected chi connectivity index (χ2v) is 5.21. The van der Waals surface area contributed by atoms with E-state index in [9.17, 15) is 0 Å². The van der Waals surface area contributed by atoms with Crippen LogP contribution in [0.25, 0.3) is 0 Å². The Balaban J connectivity index is 2.31. The molecule has 0 amide bonds. The molecule has 0 aromatic heterocycles. The summed E-state index contributed by atoms with van der Waals surface area (Å²) in [6.07, 6.45) is 5.69. The molecule has 1 aromatic rings. The molecule has 0 fully saturated rings. The van der Waals surface area contributed by atoms with Gasteiger partial charge in [0.05, 0.1) is 0 Å². The van der Waals surface area contributed by atoms with Crippen LogP contribution >= 0.6 is 23.2 Å². The van der Waals surface area contributed by atoms with Gasteiger partial charge >= 0.3 is 0 Å². The number of hydrogen-bond donors (Lipinski definition) is 0. The van der Waals surface area contributed by atoms with Crippen LogP contribution in [0.4, 0.5) is 0 Å². The third kappa shape index (κ3) is 6.73. The van der Waals surface area contributed by atoms with Gasteiger partial charge in [-0.25, -0.2) is 0 Å². The fourth-order valence-corrected chi connectivity index (χ4v) is 1.64. The quantitative estimate of drug-likeness (QED) is 0.634. The number of allylic oxidation sites excluding steroid dienone is 2. The highest BCUT2D eigenvalue weighted by atomic mass is 35.5. The first-order valence-electron chi connectivity index (χ1n) is 5.94. The molecule has 0 radical (unpaired) electrons. The molecule has 0 spiro atoms. The minimum absolute atomic E-state index is 0.332. The molecule has 0 N–H and O–H groups in total. The first-order valence-corrected chi connectivity index (χ1v) is 6.70. The van der Waals surface area contributed by atoms with E-state index in [0.29, 0.717) is 11.1 Å². The van der Waals surface area contributed by atoms with Gasteiger partial charge in [-0.1, -0.05) is 52.5 Å². The maximum atomic E-state index is 5.62. The van der Waals surface area contributed by atoms with Crippen molar-refractivity contribution >= 4 is 23.2 Å². The molecule has 0 saturated heterocycles. The van der Waals surface area contributed by atoms with Gasteiger partial charge in [-0.15, -0.1) is 0 Å². The predicted molar refractivity (Wildman–Crippen MR) is 79.5 cm³/mol. The van der Waals surface area contributed by atoms with Crippen molar-refractivity contribution in [3.05, 3.63) is 52.0 Å². The number of ether oxygens (including phenoxy) is 1. The van der Waals surface area contributed by atoms with Crippen molar-refractivity contribution in [1.82, 2.24) is 0 Å². The Labute approximate surface area is 119 Å². The smallest absolute Gasteiger partial charge is 0.119 e. The van der Waals surface area contributed by atoms with Crippen LogP contribution in [0, 0.1) is 6.92 Å². The summed E-state index contributed by atoms with van der Waals surface area (Å²) in [4.78, 5) is 0. The fraction of sp³-hybridized carbons (Fsp3) is 0.333. The normalized spacial score (nSPS) is 11.2. The zero-order valence-electron chi connectivity index (χ0n) is 10.7. The molecule has 0 aliphatic carbocycles. The molecular weight excluding hydrogens is 267 g/mol. The van der Waals surface area contributed by atoms with Gasteiger partial charge in [-0.3, -0.25) is 0 Å². The van der Waals surface area contributed by atoms with E-state index in [4.69, 9.17) is 27.9 Å². The van der Waals surface area contributed by atoms with Gasteiger partial charge in [0.25, 0.3) is 0 Å². The van der Waals surface area contributed by atoms with Crippen LogP contribution < -0.4 is 4.74 Å². The monoisotopic (exact) mass is 284 g/mol. The van der Waals surface area contributed by atoms with Crippen LogP contribution in [0.2, 0.25) is 0 Å². The third-order valence-corrected chi connectivity index (χ3v) is 2.85. The number of rotatable bonds is 6. The highest BCUT2D eigenvalue weighted by molar-refractivity contribution is 6.55. The van der Waals surface area contributed by atoms with Crippen molar-refractivity contribution in [1.29, 1.82) is 0 Å². The molecule has 98 valence electrons. The zero-order chi connectivity index (χ0) is 13.4.